The molecule has 0 aliphatic rings. The van der Waals surface area contributed by atoms with Crippen molar-refractivity contribution in [3.63, 3.8) is 0 Å². The predicted octanol–water partition coefficient (Wildman–Crippen LogP) is 9.10. The minimum absolute atomic E-state index is 0.0818. The second-order valence-electron chi connectivity index (χ2n) is 16.4. The Balaban J connectivity index is 0.000000226. The fourth-order valence-electron chi connectivity index (χ4n) is 6.64. The van der Waals surface area contributed by atoms with E-state index in [9.17, 15) is 5.11 Å². The van der Waals surface area contributed by atoms with E-state index in [2.05, 4.69) is 64.2 Å². The van der Waals surface area contributed by atoms with Crippen LogP contribution in [0.2, 0.25) is 0 Å². The molecule has 2 unspecified atom stereocenters. The number of ether oxygens (including phenoxy) is 7. The van der Waals surface area contributed by atoms with Gasteiger partial charge in [0, 0.05) is 40.5 Å². The molecule has 0 radical (unpaired) electrons. The molecule has 0 spiro atoms. The maximum absolute atomic E-state index is 9.95. The van der Waals surface area contributed by atoms with Gasteiger partial charge >= 0.3 is 0 Å². The van der Waals surface area contributed by atoms with E-state index in [-0.39, 0.29) is 59.2 Å². The molecule has 0 aliphatic carbocycles. The number of methoxy groups -OCH3 is 4. The molecule has 69 heavy (non-hydrogen) atoms. The van der Waals surface area contributed by atoms with Crippen LogP contribution in [0.3, 0.4) is 0 Å². The Morgan fingerprint density at radius 2 is 0.768 bits per heavy atom. The van der Waals surface area contributed by atoms with Gasteiger partial charge in [0.05, 0.1) is 52.1 Å². The molecule has 0 bridgehead atoms. The lowest BCUT2D eigenvalue weighted by atomic mass is 9.97. The highest BCUT2D eigenvalue weighted by Crippen LogP contribution is 2.42. The third kappa shape index (κ3) is 13.9. The number of nitrogen functional groups attached to an aromatic ring is 6. The zero-order chi connectivity index (χ0) is 51.3. The number of hydrogen-bond donors (Lipinski definition) is 7. The summed E-state index contributed by atoms with van der Waals surface area (Å²) in [4.78, 5) is 23.4. The van der Waals surface area contributed by atoms with Crippen LogP contribution in [0.1, 0.15) is 119 Å². The molecule has 0 fully saturated rings. The van der Waals surface area contributed by atoms with Crippen LogP contribution in [0, 0.1) is 0 Å². The summed E-state index contributed by atoms with van der Waals surface area (Å²) in [6.07, 6.45) is 5.20. The molecule has 20 nitrogen and oxygen atoms in total. The number of rotatable bonds is 16. The van der Waals surface area contributed by atoms with Gasteiger partial charge in [-0.3, -0.25) is 0 Å². The standard InChI is InChI=1S/C17H24N4O3.C16H22N4O3.C16H20N4O2/c1-9(2)11-6-13(23-5)12(10(3)22-4)7-14(11)24-15-8-20-17(19)21-16(15)18;1-8(2)10-5-12(22-4)11(9(3)21)6-13(10)23-14-7-19-16(18)20-15(14)17;1-5-10-6-13(11(9(2)3)7-12(10)21-4)22-14-8-19-16(18)20-15(14)17/h6-10H,1-5H3,(H4,18,19,20,21);5-9,21H,1-4H3,(H4,17,18,19,20);5-9H,1H2,2-4H3,(H4,17,18,19,20). The van der Waals surface area contributed by atoms with E-state index in [1.165, 1.54) is 18.6 Å². The Hall–Kier alpha value is -7.84. The lowest BCUT2D eigenvalue weighted by Crippen LogP contribution is -2.05. The Bertz CT molecular complexity index is 2700. The van der Waals surface area contributed by atoms with E-state index in [4.69, 9.17) is 67.6 Å². The topological polar surface area (TPSA) is 318 Å². The number of nitrogens with two attached hydrogens (primary N) is 6. The molecule has 2 atom stereocenters. The zero-order valence-corrected chi connectivity index (χ0v) is 41.3. The van der Waals surface area contributed by atoms with Gasteiger partial charge in [-0.2, -0.15) is 15.0 Å². The molecule has 0 saturated carbocycles. The fraction of sp³-hybridized carbons (Fsp3) is 0.347. The van der Waals surface area contributed by atoms with Crippen molar-refractivity contribution in [1.82, 2.24) is 29.9 Å². The van der Waals surface area contributed by atoms with E-state index in [0.717, 1.165) is 39.3 Å². The minimum Gasteiger partial charge on any atom is -0.496 e. The highest BCUT2D eigenvalue weighted by atomic mass is 16.5. The quantitative estimate of drug-likeness (QED) is 0.0475. The first-order valence-corrected chi connectivity index (χ1v) is 21.8. The van der Waals surface area contributed by atoms with Crippen molar-refractivity contribution in [3.8, 4) is 51.7 Å². The number of aromatic nitrogens is 6. The summed E-state index contributed by atoms with van der Waals surface area (Å²) < 4.78 is 39.4. The van der Waals surface area contributed by atoms with Gasteiger partial charge in [-0.05, 0) is 68.0 Å². The lowest BCUT2D eigenvalue weighted by molar-refractivity contribution is 0.116. The van der Waals surface area contributed by atoms with Gasteiger partial charge in [0.1, 0.15) is 34.5 Å². The second-order valence-corrected chi connectivity index (χ2v) is 16.4. The SMILES string of the molecule is C=Cc1cc(Oc2cnc(N)nc2N)c(C(C)C)cc1OC.COc1cc(C(C)C)c(Oc2cnc(N)nc2N)cc1C(C)O.COc1cc(C(C)C)c(Oc2cnc(N)nc2N)cc1C(C)OC. The highest BCUT2D eigenvalue weighted by molar-refractivity contribution is 5.62. The Kier molecular flexibility index (Phi) is 18.9. The molecule has 3 aromatic carbocycles. The monoisotopic (exact) mass is 951 g/mol. The highest BCUT2D eigenvalue weighted by Gasteiger charge is 2.21. The van der Waals surface area contributed by atoms with Crippen LogP contribution >= 0.6 is 0 Å². The molecule has 3 heterocycles. The lowest BCUT2D eigenvalue weighted by Gasteiger charge is -2.20. The Morgan fingerprint density at radius 1 is 0.449 bits per heavy atom. The van der Waals surface area contributed by atoms with Crippen molar-refractivity contribution in [2.24, 2.45) is 0 Å². The van der Waals surface area contributed by atoms with Gasteiger partial charge in [0.2, 0.25) is 17.8 Å². The largest absolute Gasteiger partial charge is 0.496 e. The number of nitrogens with zero attached hydrogens (tertiary/aromatic N) is 6. The average molecular weight is 951 g/mol. The third-order valence-electron chi connectivity index (χ3n) is 10.5. The fourth-order valence-corrected chi connectivity index (χ4v) is 6.64. The average Bonchev–Trinajstić information content (AvgIpc) is 3.31. The summed E-state index contributed by atoms with van der Waals surface area (Å²) in [7, 11) is 6.47. The summed E-state index contributed by atoms with van der Waals surface area (Å²) in [5, 5.41) is 9.95. The predicted molar refractivity (Wildman–Crippen MR) is 270 cm³/mol. The van der Waals surface area contributed by atoms with E-state index in [1.807, 2.05) is 51.1 Å². The van der Waals surface area contributed by atoms with Crippen molar-refractivity contribution in [3.05, 3.63) is 94.9 Å². The second kappa shape index (κ2) is 24.3. The Morgan fingerprint density at radius 3 is 1.07 bits per heavy atom. The first kappa shape index (κ1) is 53.8. The molecule has 0 aliphatic heterocycles. The van der Waals surface area contributed by atoms with Gasteiger partial charge < -0.3 is 72.7 Å². The molecule has 20 heteroatoms. The minimum atomic E-state index is -0.700. The first-order chi connectivity index (χ1) is 32.7. The van der Waals surface area contributed by atoms with E-state index >= 15 is 0 Å². The first-order valence-electron chi connectivity index (χ1n) is 21.8. The summed E-state index contributed by atoms with van der Waals surface area (Å²) in [6, 6.07) is 11.3. The van der Waals surface area contributed by atoms with Gasteiger partial charge in [0.25, 0.3) is 0 Å². The zero-order valence-electron chi connectivity index (χ0n) is 41.3. The molecule has 0 amide bonds. The normalized spacial score (nSPS) is 11.7. The van der Waals surface area contributed by atoms with Crippen LogP contribution in [0.25, 0.3) is 6.08 Å². The number of aliphatic hydroxyl groups excluding tert-OH is 1. The van der Waals surface area contributed by atoms with Gasteiger partial charge in [-0.1, -0.05) is 54.2 Å². The number of aliphatic hydroxyl groups is 1. The number of anilines is 6. The molecular formula is C49H66N12O8. The molecule has 6 rings (SSSR count). The Labute approximate surface area is 403 Å². The maximum Gasteiger partial charge on any atom is 0.222 e. The van der Waals surface area contributed by atoms with Crippen LogP contribution < -0.4 is 62.8 Å². The van der Waals surface area contributed by atoms with E-state index in [0.29, 0.717) is 45.8 Å². The van der Waals surface area contributed by atoms with E-state index < -0.39 is 6.10 Å². The van der Waals surface area contributed by atoms with Crippen LogP contribution in [0.5, 0.6) is 51.7 Å². The number of benzene rings is 3. The molecule has 370 valence electrons. The molecule has 3 aromatic heterocycles. The summed E-state index contributed by atoms with van der Waals surface area (Å²) in [5.74, 6) is 6.47. The third-order valence-corrected chi connectivity index (χ3v) is 10.5. The van der Waals surface area contributed by atoms with Gasteiger partial charge in [0.15, 0.2) is 34.7 Å². The van der Waals surface area contributed by atoms with Crippen molar-refractivity contribution in [2.75, 3.05) is 62.8 Å². The van der Waals surface area contributed by atoms with Crippen molar-refractivity contribution in [1.29, 1.82) is 0 Å². The number of hydrogen-bond acceptors (Lipinski definition) is 20. The van der Waals surface area contributed by atoms with Crippen LogP contribution in [-0.4, -0.2) is 63.4 Å². The van der Waals surface area contributed by atoms with Crippen molar-refractivity contribution in [2.45, 2.75) is 85.4 Å². The molecule has 13 N–H and O–H groups in total. The smallest absolute Gasteiger partial charge is 0.222 e. The van der Waals surface area contributed by atoms with E-state index in [1.54, 1.807) is 47.5 Å². The summed E-state index contributed by atoms with van der Waals surface area (Å²) in [5.41, 5.74) is 39.3. The maximum atomic E-state index is 9.95. The summed E-state index contributed by atoms with van der Waals surface area (Å²) >= 11 is 0. The van der Waals surface area contributed by atoms with Gasteiger partial charge in [-0.15, -0.1) is 0 Å². The summed E-state index contributed by atoms with van der Waals surface area (Å²) in [6.45, 7) is 19.7. The van der Waals surface area contributed by atoms with Crippen molar-refractivity contribution < 1.29 is 38.3 Å². The molecule has 0 saturated heterocycles. The van der Waals surface area contributed by atoms with Gasteiger partial charge in [-0.25, -0.2) is 15.0 Å². The van der Waals surface area contributed by atoms with Crippen LogP contribution in [-0.2, 0) is 4.74 Å². The molecular weight excluding hydrogens is 885 g/mol. The van der Waals surface area contributed by atoms with Crippen molar-refractivity contribution >= 4 is 41.4 Å². The molecule has 6 aromatic rings. The van der Waals surface area contributed by atoms with Crippen LogP contribution in [0.15, 0.2) is 61.6 Å². The van der Waals surface area contributed by atoms with Crippen LogP contribution in [0.4, 0.5) is 35.3 Å².